The number of carbonyl (C=O) groups is 4. The van der Waals surface area contributed by atoms with Gasteiger partial charge in [0.15, 0.2) is 0 Å². The van der Waals surface area contributed by atoms with Gasteiger partial charge in [0.25, 0.3) is 0 Å². The largest absolute Gasteiger partial charge is 0.478 e. The lowest BCUT2D eigenvalue weighted by Crippen LogP contribution is -2.18. The molecule has 0 spiro atoms. The van der Waals surface area contributed by atoms with Crippen molar-refractivity contribution in [1.29, 1.82) is 0 Å². The lowest BCUT2D eigenvalue weighted by Gasteiger charge is -1.99. The summed E-state index contributed by atoms with van der Waals surface area (Å²) in [5, 5.41) is 21.0. The highest BCUT2D eigenvalue weighted by molar-refractivity contribution is 5.89. The number of carbonyl (C=O) groups excluding carboxylic acids is 2. The first kappa shape index (κ1) is 25.9. The van der Waals surface area contributed by atoms with Crippen LogP contribution in [0.3, 0.4) is 0 Å². The van der Waals surface area contributed by atoms with Crippen LogP contribution in [0.5, 0.6) is 0 Å². The number of pyridine rings is 2. The highest BCUT2D eigenvalue weighted by Gasteiger charge is 1.92. The SMILES string of the molecule is CC(=O)NCc1ccncc1.CC(=O)NCc1ccncc1.O=C(O)/C=C/C(=O)O. The third-order valence-electron chi connectivity index (χ3n) is 2.95. The molecule has 2 aromatic rings. The second kappa shape index (κ2) is 15.9. The van der Waals surface area contributed by atoms with Crippen molar-refractivity contribution in [2.75, 3.05) is 0 Å². The maximum Gasteiger partial charge on any atom is 0.328 e. The topological polar surface area (TPSA) is 159 Å². The Morgan fingerprint density at radius 1 is 0.733 bits per heavy atom. The van der Waals surface area contributed by atoms with Crippen LogP contribution < -0.4 is 10.6 Å². The number of hydrogen-bond donors (Lipinski definition) is 4. The highest BCUT2D eigenvalue weighted by atomic mass is 16.4. The summed E-state index contributed by atoms with van der Waals surface area (Å²) in [5.41, 5.74) is 2.13. The summed E-state index contributed by atoms with van der Waals surface area (Å²) in [7, 11) is 0. The number of amides is 2. The van der Waals surface area contributed by atoms with E-state index >= 15 is 0 Å². The second-order valence-corrected chi connectivity index (χ2v) is 5.54. The van der Waals surface area contributed by atoms with Gasteiger partial charge in [-0.1, -0.05) is 0 Å². The molecule has 0 aliphatic rings. The van der Waals surface area contributed by atoms with Crippen molar-refractivity contribution in [3.05, 3.63) is 72.3 Å². The summed E-state index contributed by atoms with van der Waals surface area (Å²) in [6.07, 6.45) is 7.94. The quantitative estimate of drug-likeness (QED) is 0.510. The zero-order valence-corrected chi connectivity index (χ0v) is 16.6. The number of carboxylic acids is 2. The van der Waals surface area contributed by atoms with E-state index in [1.165, 1.54) is 13.8 Å². The summed E-state index contributed by atoms with van der Waals surface area (Å²) < 4.78 is 0. The van der Waals surface area contributed by atoms with Gasteiger partial charge < -0.3 is 20.8 Å². The first-order valence-electron chi connectivity index (χ1n) is 8.61. The fourth-order valence-corrected chi connectivity index (χ4v) is 1.60. The van der Waals surface area contributed by atoms with E-state index in [0.717, 1.165) is 11.1 Å². The number of nitrogens with one attached hydrogen (secondary N) is 2. The summed E-state index contributed by atoms with van der Waals surface area (Å²) in [5.74, 6) is -2.54. The average molecular weight is 416 g/mol. The summed E-state index contributed by atoms with van der Waals surface area (Å²) in [6, 6.07) is 7.48. The van der Waals surface area contributed by atoms with E-state index in [2.05, 4.69) is 20.6 Å². The standard InChI is InChI=1S/2C8H10N2O.C4H4O4/c2*1-7(11)10-6-8-2-4-9-5-3-8;5-3(6)1-2-4(7)8/h2*2-5H,6H2,1H3,(H,10,11);1-2H,(H,5,6)(H,7,8)/b;;2-1+. The molecule has 0 fully saturated rings. The van der Waals surface area contributed by atoms with Crippen molar-refractivity contribution in [3.63, 3.8) is 0 Å². The number of aliphatic carboxylic acids is 2. The zero-order valence-electron chi connectivity index (χ0n) is 16.6. The molecular formula is C20H24N4O6. The number of nitrogens with zero attached hydrogens (tertiary/aromatic N) is 2. The summed E-state index contributed by atoms with van der Waals surface area (Å²) in [4.78, 5) is 47.8. The highest BCUT2D eigenvalue weighted by Crippen LogP contribution is 1.94. The van der Waals surface area contributed by atoms with Gasteiger partial charge in [-0.15, -0.1) is 0 Å². The third kappa shape index (κ3) is 17.3. The Morgan fingerprint density at radius 2 is 1.03 bits per heavy atom. The van der Waals surface area contributed by atoms with E-state index in [9.17, 15) is 19.2 Å². The molecule has 160 valence electrons. The van der Waals surface area contributed by atoms with Crippen LogP contribution in [-0.2, 0) is 32.3 Å². The normalized spacial score (nSPS) is 9.27. The van der Waals surface area contributed by atoms with Gasteiger partial charge in [-0.2, -0.15) is 0 Å². The molecule has 0 aliphatic heterocycles. The van der Waals surface area contributed by atoms with Gasteiger partial charge in [0.2, 0.25) is 11.8 Å². The molecule has 4 N–H and O–H groups in total. The minimum Gasteiger partial charge on any atom is -0.478 e. The van der Waals surface area contributed by atoms with Gasteiger partial charge in [0.1, 0.15) is 0 Å². The average Bonchev–Trinajstić information content (AvgIpc) is 2.72. The molecule has 0 bridgehead atoms. The molecule has 0 saturated carbocycles. The van der Waals surface area contributed by atoms with Crippen LogP contribution in [0, 0.1) is 0 Å². The van der Waals surface area contributed by atoms with E-state index in [1.54, 1.807) is 24.8 Å². The predicted molar refractivity (Wildman–Crippen MR) is 108 cm³/mol. The molecular weight excluding hydrogens is 392 g/mol. The summed E-state index contributed by atoms with van der Waals surface area (Å²) in [6.45, 7) is 4.16. The van der Waals surface area contributed by atoms with E-state index in [1.807, 2.05) is 24.3 Å². The van der Waals surface area contributed by atoms with Crippen LogP contribution in [0.1, 0.15) is 25.0 Å². The first-order chi connectivity index (χ1) is 14.2. The minimum absolute atomic E-state index is 0.0122. The van der Waals surface area contributed by atoms with Gasteiger partial charge in [-0.25, -0.2) is 9.59 Å². The van der Waals surface area contributed by atoms with Crippen molar-refractivity contribution >= 4 is 23.8 Å². The molecule has 0 saturated heterocycles. The lowest BCUT2D eigenvalue weighted by molar-refractivity contribution is -0.134. The van der Waals surface area contributed by atoms with Crippen molar-refractivity contribution in [3.8, 4) is 0 Å². The molecule has 10 heteroatoms. The minimum atomic E-state index is -1.26. The van der Waals surface area contributed by atoms with Crippen LogP contribution in [0.25, 0.3) is 0 Å². The van der Waals surface area contributed by atoms with Crippen molar-refractivity contribution in [2.45, 2.75) is 26.9 Å². The Bertz CT molecular complexity index is 756. The lowest BCUT2D eigenvalue weighted by atomic mass is 10.3. The Kier molecular flexibility index (Phi) is 13.8. The Balaban J connectivity index is 0.000000428. The first-order valence-corrected chi connectivity index (χ1v) is 8.61. The Labute approximate surface area is 173 Å². The fraction of sp³-hybridized carbons (Fsp3) is 0.200. The van der Waals surface area contributed by atoms with Crippen LogP contribution in [-0.4, -0.2) is 43.9 Å². The van der Waals surface area contributed by atoms with E-state index in [0.29, 0.717) is 25.2 Å². The number of hydrogen-bond acceptors (Lipinski definition) is 6. The monoisotopic (exact) mass is 416 g/mol. The number of carboxylic acid groups (broad SMARTS) is 2. The molecule has 2 amide bonds. The van der Waals surface area contributed by atoms with Gasteiger partial charge in [-0.05, 0) is 35.4 Å². The molecule has 30 heavy (non-hydrogen) atoms. The van der Waals surface area contributed by atoms with E-state index in [4.69, 9.17) is 10.2 Å². The van der Waals surface area contributed by atoms with Crippen molar-refractivity contribution in [1.82, 2.24) is 20.6 Å². The molecule has 2 heterocycles. The maximum absolute atomic E-state index is 10.5. The van der Waals surface area contributed by atoms with Gasteiger partial charge in [0, 0.05) is 63.9 Å². The molecule has 0 unspecified atom stereocenters. The number of aromatic nitrogens is 2. The number of rotatable bonds is 6. The van der Waals surface area contributed by atoms with E-state index < -0.39 is 11.9 Å². The molecule has 2 aromatic heterocycles. The van der Waals surface area contributed by atoms with Gasteiger partial charge in [-0.3, -0.25) is 19.6 Å². The molecule has 0 atom stereocenters. The Morgan fingerprint density at radius 3 is 1.27 bits per heavy atom. The molecule has 0 radical (unpaired) electrons. The molecule has 0 aromatic carbocycles. The van der Waals surface area contributed by atoms with Crippen molar-refractivity contribution < 1.29 is 29.4 Å². The third-order valence-corrected chi connectivity index (χ3v) is 2.95. The predicted octanol–water partition coefficient (Wildman–Crippen LogP) is 1.15. The Hall–Kier alpha value is -4.08. The van der Waals surface area contributed by atoms with Crippen LogP contribution in [0.2, 0.25) is 0 Å². The zero-order chi connectivity index (χ0) is 22.8. The molecule has 2 rings (SSSR count). The maximum atomic E-state index is 10.5. The van der Waals surface area contributed by atoms with Crippen molar-refractivity contribution in [2.24, 2.45) is 0 Å². The van der Waals surface area contributed by atoms with Crippen LogP contribution in [0.4, 0.5) is 0 Å². The fourth-order valence-electron chi connectivity index (χ4n) is 1.60. The van der Waals surface area contributed by atoms with Gasteiger partial charge in [0.05, 0.1) is 0 Å². The molecule has 10 nitrogen and oxygen atoms in total. The van der Waals surface area contributed by atoms with Gasteiger partial charge >= 0.3 is 11.9 Å². The van der Waals surface area contributed by atoms with E-state index in [-0.39, 0.29) is 11.8 Å². The van der Waals surface area contributed by atoms with Crippen LogP contribution >= 0.6 is 0 Å². The smallest absolute Gasteiger partial charge is 0.328 e. The molecule has 0 aliphatic carbocycles. The second-order valence-electron chi connectivity index (χ2n) is 5.54. The van der Waals surface area contributed by atoms with Crippen LogP contribution in [0.15, 0.2) is 61.2 Å². The summed E-state index contributed by atoms with van der Waals surface area (Å²) >= 11 is 0.